The third-order valence-corrected chi connectivity index (χ3v) is 6.53. The number of terminal acetylenes is 1. The molecule has 0 radical (unpaired) electrons. The highest BCUT2D eigenvalue weighted by Gasteiger charge is 2.33. The number of benzene rings is 1. The molecule has 2 heterocycles. The Hall–Kier alpha value is -1.55. The van der Waals surface area contributed by atoms with Crippen molar-refractivity contribution in [2.75, 3.05) is 44.3 Å². The fraction of sp³-hybridized carbons (Fsp3) is 0.556. The van der Waals surface area contributed by atoms with E-state index in [9.17, 15) is 8.42 Å². The molecule has 1 aromatic rings. The lowest BCUT2D eigenvalue weighted by Crippen LogP contribution is -2.50. The summed E-state index contributed by atoms with van der Waals surface area (Å²) in [4.78, 5) is 4.76. The third kappa shape index (κ3) is 4.50. The van der Waals surface area contributed by atoms with Crippen molar-refractivity contribution in [2.45, 2.75) is 19.0 Å². The van der Waals surface area contributed by atoms with Gasteiger partial charge in [-0.05, 0) is 24.1 Å². The molecule has 0 amide bonds. The molecule has 6 heteroatoms. The van der Waals surface area contributed by atoms with Crippen LogP contribution in [0, 0.1) is 12.3 Å². The molecule has 1 unspecified atom stereocenters. The number of nitrogens with zero attached hydrogens (tertiary/aromatic N) is 2. The minimum atomic E-state index is -2.80. The molecule has 2 saturated heterocycles. The molecule has 5 nitrogen and oxygen atoms in total. The van der Waals surface area contributed by atoms with E-state index in [1.54, 1.807) is 0 Å². The number of hydrogen-bond acceptors (Lipinski definition) is 5. The Labute approximate surface area is 144 Å². The van der Waals surface area contributed by atoms with Crippen LogP contribution < -0.4 is 4.74 Å². The first kappa shape index (κ1) is 17.3. The predicted octanol–water partition coefficient (Wildman–Crippen LogP) is 1.00. The smallest absolute Gasteiger partial charge is 0.151 e. The molecule has 3 rings (SSSR count). The molecule has 2 fully saturated rings. The minimum absolute atomic E-state index is 0.227. The maximum absolute atomic E-state index is 11.6. The van der Waals surface area contributed by atoms with Crippen molar-refractivity contribution < 1.29 is 13.2 Å². The maximum Gasteiger partial charge on any atom is 0.151 e. The van der Waals surface area contributed by atoms with Crippen LogP contribution >= 0.6 is 0 Å². The number of ether oxygens (including phenoxy) is 1. The zero-order valence-corrected chi connectivity index (χ0v) is 14.7. The van der Waals surface area contributed by atoms with Gasteiger partial charge < -0.3 is 4.74 Å². The van der Waals surface area contributed by atoms with Gasteiger partial charge in [-0.3, -0.25) is 9.80 Å². The van der Waals surface area contributed by atoms with Crippen LogP contribution in [-0.2, 0) is 16.4 Å². The molecule has 2 aliphatic heterocycles. The van der Waals surface area contributed by atoms with Crippen molar-refractivity contribution >= 4 is 9.84 Å². The van der Waals surface area contributed by atoms with Gasteiger partial charge in [-0.2, -0.15) is 0 Å². The highest BCUT2D eigenvalue weighted by molar-refractivity contribution is 7.91. The topological polar surface area (TPSA) is 49.9 Å². The van der Waals surface area contributed by atoms with Gasteiger partial charge in [-0.15, -0.1) is 6.42 Å². The van der Waals surface area contributed by atoms with Crippen LogP contribution in [0.2, 0.25) is 0 Å². The minimum Gasteiger partial charge on any atom is -0.481 e. The molecule has 1 atom stereocenters. The zero-order valence-electron chi connectivity index (χ0n) is 13.9. The lowest BCUT2D eigenvalue weighted by atomic mass is 10.1. The SMILES string of the molecule is C#CCOc1ccc(CN2CCN(C3CCS(=O)(=O)C3)CC2)cc1. The summed E-state index contributed by atoms with van der Waals surface area (Å²) in [6.07, 6.45) is 5.98. The average Bonchev–Trinajstić information content (AvgIpc) is 2.95. The fourth-order valence-electron chi connectivity index (χ4n) is 3.42. The van der Waals surface area contributed by atoms with E-state index in [4.69, 9.17) is 11.2 Å². The van der Waals surface area contributed by atoms with E-state index >= 15 is 0 Å². The van der Waals surface area contributed by atoms with Crippen LogP contribution in [-0.4, -0.2) is 68.6 Å². The van der Waals surface area contributed by atoms with Crippen LogP contribution in [0.15, 0.2) is 24.3 Å². The van der Waals surface area contributed by atoms with Crippen LogP contribution in [0.3, 0.4) is 0 Å². The van der Waals surface area contributed by atoms with Crippen molar-refractivity contribution in [1.29, 1.82) is 0 Å². The van der Waals surface area contributed by atoms with Gasteiger partial charge in [0.1, 0.15) is 12.4 Å². The van der Waals surface area contributed by atoms with Crippen molar-refractivity contribution in [1.82, 2.24) is 9.80 Å². The van der Waals surface area contributed by atoms with E-state index in [1.807, 2.05) is 12.1 Å². The van der Waals surface area contributed by atoms with Crippen LogP contribution in [0.1, 0.15) is 12.0 Å². The molecule has 0 saturated carbocycles. The standard InChI is InChI=1S/C18H24N2O3S/c1-2-12-23-18-5-3-16(4-6-18)14-19-8-10-20(11-9-19)17-7-13-24(21,22)15-17/h1,3-6,17H,7-15H2. The molecule has 1 aromatic carbocycles. The Morgan fingerprint density at radius 2 is 1.88 bits per heavy atom. The Morgan fingerprint density at radius 1 is 1.17 bits per heavy atom. The highest BCUT2D eigenvalue weighted by Crippen LogP contribution is 2.20. The molecular formula is C18H24N2O3S. The largest absolute Gasteiger partial charge is 0.481 e. The van der Waals surface area contributed by atoms with Crippen molar-refractivity contribution in [2.24, 2.45) is 0 Å². The molecule has 24 heavy (non-hydrogen) atoms. The highest BCUT2D eigenvalue weighted by atomic mass is 32.2. The van der Waals surface area contributed by atoms with Gasteiger partial charge in [0.15, 0.2) is 9.84 Å². The molecule has 0 N–H and O–H groups in total. The number of sulfone groups is 1. The summed E-state index contributed by atoms with van der Waals surface area (Å²) in [5.74, 6) is 3.94. The normalized spacial score (nSPS) is 24.5. The summed E-state index contributed by atoms with van der Waals surface area (Å²) in [5.41, 5.74) is 1.25. The van der Waals surface area contributed by atoms with Gasteiger partial charge in [0.2, 0.25) is 0 Å². The molecule has 0 spiro atoms. The van der Waals surface area contributed by atoms with Gasteiger partial charge in [0.25, 0.3) is 0 Å². The quantitative estimate of drug-likeness (QED) is 0.743. The molecular weight excluding hydrogens is 324 g/mol. The Morgan fingerprint density at radius 3 is 2.46 bits per heavy atom. The molecule has 130 valence electrons. The maximum atomic E-state index is 11.6. The van der Waals surface area contributed by atoms with Crippen LogP contribution in [0.5, 0.6) is 5.75 Å². The van der Waals surface area contributed by atoms with Crippen molar-refractivity contribution in [3.05, 3.63) is 29.8 Å². The second-order valence-corrected chi connectivity index (χ2v) is 8.73. The summed E-state index contributed by atoms with van der Waals surface area (Å²) in [5, 5.41) is 0. The third-order valence-electron chi connectivity index (χ3n) is 4.78. The Balaban J connectivity index is 1.46. The van der Waals surface area contributed by atoms with E-state index in [-0.39, 0.29) is 12.6 Å². The van der Waals surface area contributed by atoms with Crippen LogP contribution in [0.4, 0.5) is 0 Å². The molecule has 0 aromatic heterocycles. The summed E-state index contributed by atoms with van der Waals surface area (Å²) in [7, 11) is -2.80. The Bertz CT molecular complexity index is 686. The summed E-state index contributed by atoms with van der Waals surface area (Å²) >= 11 is 0. The summed E-state index contributed by atoms with van der Waals surface area (Å²) in [6, 6.07) is 8.27. The first-order valence-electron chi connectivity index (χ1n) is 8.38. The number of piperazine rings is 1. The molecule has 0 bridgehead atoms. The van der Waals surface area contributed by atoms with E-state index in [0.29, 0.717) is 11.5 Å². The van der Waals surface area contributed by atoms with Gasteiger partial charge >= 0.3 is 0 Å². The first-order chi connectivity index (χ1) is 11.6. The second kappa shape index (κ2) is 7.56. The first-order valence-corrected chi connectivity index (χ1v) is 10.2. The number of rotatable bonds is 5. The monoisotopic (exact) mass is 348 g/mol. The van der Waals surface area contributed by atoms with E-state index in [1.165, 1.54) is 5.56 Å². The van der Waals surface area contributed by atoms with E-state index < -0.39 is 9.84 Å². The zero-order chi connectivity index (χ0) is 17.0. The summed E-state index contributed by atoms with van der Waals surface area (Å²) in [6.45, 7) is 5.05. The van der Waals surface area contributed by atoms with E-state index in [0.717, 1.165) is 44.9 Å². The summed E-state index contributed by atoms with van der Waals surface area (Å²) < 4.78 is 28.6. The number of hydrogen-bond donors (Lipinski definition) is 0. The van der Waals surface area contributed by atoms with Crippen molar-refractivity contribution in [3.63, 3.8) is 0 Å². The van der Waals surface area contributed by atoms with Gasteiger partial charge in [0.05, 0.1) is 11.5 Å². The predicted molar refractivity (Wildman–Crippen MR) is 94.7 cm³/mol. The molecule has 2 aliphatic rings. The van der Waals surface area contributed by atoms with Gasteiger partial charge in [-0.1, -0.05) is 18.1 Å². The average molecular weight is 348 g/mol. The lowest BCUT2D eigenvalue weighted by Gasteiger charge is -2.37. The van der Waals surface area contributed by atoms with Gasteiger partial charge in [-0.25, -0.2) is 8.42 Å². The van der Waals surface area contributed by atoms with Crippen molar-refractivity contribution in [3.8, 4) is 18.1 Å². The van der Waals surface area contributed by atoms with E-state index in [2.05, 4.69) is 27.9 Å². The lowest BCUT2D eigenvalue weighted by molar-refractivity contribution is 0.100. The second-order valence-electron chi connectivity index (χ2n) is 6.51. The molecule has 0 aliphatic carbocycles. The Kier molecular flexibility index (Phi) is 5.44. The van der Waals surface area contributed by atoms with Crippen LogP contribution in [0.25, 0.3) is 0 Å². The fourth-order valence-corrected chi connectivity index (χ4v) is 5.19. The van der Waals surface area contributed by atoms with Gasteiger partial charge in [0, 0.05) is 38.8 Å².